The van der Waals surface area contributed by atoms with Gasteiger partial charge in [0.15, 0.2) is 0 Å². The molecule has 0 spiro atoms. The summed E-state index contributed by atoms with van der Waals surface area (Å²) in [6, 6.07) is 17.1. The lowest BCUT2D eigenvalue weighted by molar-refractivity contribution is -0.139. The van der Waals surface area contributed by atoms with E-state index in [9.17, 15) is 22.4 Å². The van der Waals surface area contributed by atoms with Crippen LogP contribution in [0.15, 0.2) is 77.7 Å². The van der Waals surface area contributed by atoms with Gasteiger partial charge in [0.1, 0.15) is 29.9 Å². The molecule has 1 atom stereocenters. The molecule has 1 N–H and O–H groups in total. The number of amides is 2. The standard InChI is InChI=1S/C30H36FN3O6S/c1-5-6-19-32-30(36)22(2)33(20-23-11-7-8-12-26(23)31)29(35)21-34(27-13-9-10-14-28(27)40-4)41(37,38)25-17-15-24(39-3)16-18-25/h7-18,22H,5-6,19-21H2,1-4H3,(H,32,36)/t22-/m0/s1. The minimum atomic E-state index is -4.31. The summed E-state index contributed by atoms with van der Waals surface area (Å²) in [7, 11) is -1.45. The van der Waals surface area contributed by atoms with E-state index in [-0.39, 0.29) is 28.4 Å². The molecule has 41 heavy (non-hydrogen) atoms. The van der Waals surface area contributed by atoms with Gasteiger partial charge < -0.3 is 19.7 Å². The lowest BCUT2D eigenvalue weighted by Crippen LogP contribution is -2.51. The zero-order chi connectivity index (χ0) is 30.0. The van der Waals surface area contributed by atoms with Crippen LogP contribution < -0.4 is 19.1 Å². The Balaban J connectivity index is 2.05. The molecule has 0 fully saturated rings. The average Bonchev–Trinajstić information content (AvgIpc) is 2.99. The third-order valence-corrected chi connectivity index (χ3v) is 8.35. The fourth-order valence-corrected chi connectivity index (χ4v) is 5.58. The van der Waals surface area contributed by atoms with Gasteiger partial charge in [-0.05, 0) is 55.8 Å². The fraction of sp³-hybridized carbons (Fsp3) is 0.333. The predicted octanol–water partition coefficient (Wildman–Crippen LogP) is 4.37. The minimum Gasteiger partial charge on any atom is -0.497 e. The van der Waals surface area contributed by atoms with Gasteiger partial charge in [-0.1, -0.05) is 43.7 Å². The topological polar surface area (TPSA) is 105 Å². The molecule has 0 bridgehead atoms. The molecule has 3 aromatic carbocycles. The van der Waals surface area contributed by atoms with Crippen molar-refractivity contribution in [2.75, 3.05) is 31.6 Å². The Morgan fingerprint density at radius 1 is 0.951 bits per heavy atom. The smallest absolute Gasteiger partial charge is 0.264 e. The lowest BCUT2D eigenvalue weighted by atomic mass is 10.1. The molecule has 0 aromatic heterocycles. The first kappa shape index (κ1) is 31.4. The highest BCUT2D eigenvalue weighted by Gasteiger charge is 2.34. The maximum Gasteiger partial charge on any atom is 0.264 e. The average molecular weight is 586 g/mol. The lowest BCUT2D eigenvalue weighted by Gasteiger charge is -2.32. The van der Waals surface area contributed by atoms with Crippen LogP contribution in [0, 0.1) is 5.82 Å². The minimum absolute atomic E-state index is 0.0805. The van der Waals surface area contributed by atoms with Gasteiger partial charge in [0.2, 0.25) is 11.8 Å². The number of anilines is 1. The van der Waals surface area contributed by atoms with Crippen LogP contribution in [-0.4, -0.2) is 58.5 Å². The number of ether oxygens (including phenoxy) is 2. The van der Waals surface area contributed by atoms with Crippen LogP contribution in [0.5, 0.6) is 11.5 Å². The van der Waals surface area contributed by atoms with Crippen molar-refractivity contribution in [3.63, 3.8) is 0 Å². The zero-order valence-electron chi connectivity index (χ0n) is 23.7. The van der Waals surface area contributed by atoms with Gasteiger partial charge in [0.25, 0.3) is 10.0 Å². The summed E-state index contributed by atoms with van der Waals surface area (Å²) in [5.74, 6) is -0.984. The maximum atomic E-state index is 14.7. The molecule has 3 aromatic rings. The normalized spacial score (nSPS) is 11.8. The number of benzene rings is 3. The summed E-state index contributed by atoms with van der Waals surface area (Å²) >= 11 is 0. The van der Waals surface area contributed by atoms with Gasteiger partial charge >= 0.3 is 0 Å². The van der Waals surface area contributed by atoms with Gasteiger partial charge in [-0.15, -0.1) is 0 Å². The molecule has 3 rings (SSSR count). The molecule has 0 saturated carbocycles. The van der Waals surface area contributed by atoms with Gasteiger partial charge in [0, 0.05) is 18.7 Å². The Bertz CT molecular complexity index is 1430. The second kappa shape index (κ2) is 14.5. The first-order valence-electron chi connectivity index (χ1n) is 13.2. The van der Waals surface area contributed by atoms with E-state index in [2.05, 4.69) is 5.32 Å². The highest BCUT2D eigenvalue weighted by atomic mass is 32.2. The third kappa shape index (κ3) is 7.75. The van der Waals surface area contributed by atoms with Gasteiger partial charge in [0.05, 0.1) is 24.8 Å². The molecule has 0 unspecified atom stereocenters. The van der Waals surface area contributed by atoms with Crippen LogP contribution in [0.1, 0.15) is 32.3 Å². The summed E-state index contributed by atoms with van der Waals surface area (Å²) in [6.07, 6.45) is 1.62. The zero-order valence-corrected chi connectivity index (χ0v) is 24.5. The first-order valence-corrected chi connectivity index (χ1v) is 14.7. The van der Waals surface area contributed by atoms with E-state index < -0.39 is 40.2 Å². The SMILES string of the molecule is CCCCNC(=O)[C@H](C)N(Cc1ccccc1F)C(=O)CN(c1ccccc1OC)S(=O)(=O)c1ccc(OC)cc1. The first-order chi connectivity index (χ1) is 19.6. The van der Waals surface area contributed by atoms with Gasteiger partial charge in [-0.2, -0.15) is 0 Å². The number of halogens is 1. The van der Waals surface area contributed by atoms with Crippen molar-refractivity contribution in [2.45, 2.75) is 44.2 Å². The van der Waals surface area contributed by atoms with Crippen molar-refractivity contribution in [1.82, 2.24) is 10.2 Å². The molecule has 0 saturated heterocycles. The maximum absolute atomic E-state index is 14.7. The quantitative estimate of drug-likeness (QED) is 0.282. The summed E-state index contributed by atoms with van der Waals surface area (Å²) < 4.78 is 54.1. The number of sulfonamides is 1. The Hall–Kier alpha value is -4.12. The molecule has 0 radical (unpaired) electrons. The van der Waals surface area contributed by atoms with E-state index in [0.29, 0.717) is 12.3 Å². The number of methoxy groups -OCH3 is 2. The van der Waals surface area contributed by atoms with Gasteiger partial charge in [-0.3, -0.25) is 13.9 Å². The van der Waals surface area contributed by atoms with E-state index in [1.165, 1.54) is 74.6 Å². The van der Waals surface area contributed by atoms with Gasteiger partial charge in [-0.25, -0.2) is 12.8 Å². The number of nitrogens with zero attached hydrogens (tertiary/aromatic N) is 2. The number of nitrogens with one attached hydrogen (secondary N) is 1. The molecular weight excluding hydrogens is 549 g/mol. The van der Waals surface area contributed by atoms with Crippen LogP contribution in [0.3, 0.4) is 0 Å². The molecule has 0 heterocycles. The largest absolute Gasteiger partial charge is 0.497 e. The van der Waals surface area contributed by atoms with Crippen LogP contribution in [0.25, 0.3) is 0 Å². The Labute approximate surface area is 240 Å². The Kier molecular flexibility index (Phi) is 11.1. The van der Waals surface area contributed by atoms with Crippen molar-refractivity contribution >= 4 is 27.5 Å². The van der Waals surface area contributed by atoms with Crippen molar-refractivity contribution in [3.8, 4) is 11.5 Å². The van der Waals surface area contributed by atoms with Crippen LogP contribution in [0.4, 0.5) is 10.1 Å². The number of hydrogen-bond acceptors (Lipinski definition) is 6. The van der Waals surface area contributed by atoms with Crippen molar-refractivity contribution in [1.29, 1.82) is 0 Å². The van der Waals surface area contributed by atoms with Crippen molar-refractivity contribution in [2.24, 2.45) is 0 Å². The monoisotopic (exact) mass is 585 g/mol. The molecule has 9 nitrogen and oxygen atoms in total. The number of para-hydroxylation sites is 2. The number of carbonyl (C=O) groups excluding carboxylic acids is 2. The second-order valence-corrected chi connectivity index (χ2v) is 11.2. The van der Waals surface area contributed by atoms with E-state index in [1.54, 1.807) is 24.3 Å². The van der Waals surface area contributed by atoms with E-state index in [0.717, 1.165) is 17.1 Å². The number of hydrogen-bond donors (Lipinski definition) is 1. The summed E-state index contributed by atoms with van der Waals surface area (Å²) in [5.41, 5.74) is 0.320. The highest BCUT2D eigenvalue weighted by Crippen LogP contribution is 2.33. The number of unbranched alkanes of at least 4 members (excludes halogenated alkanes) is 1. The van der Waals surface area contributed by atoms with Crippen LogP contribution in [0.2, 0.25) is 0 Å². The second-order valence-electron chi connectivity index (χ2n) is 9.29. The van der Waals surface area contributed by atoms with Crippen molar-refractivity contribution < 1.29 is 31.9 Å². The molecule has 220 valence electrons. The predicted molar refractivity (Wildman–Crippen MR) is 155 cm³/mol. The fourth-order valence-electron chi connectivity index (χ4n) is 4.15. The Morgan fingerprint density at radius 3 is 2.24 bits per heavy atom. The number of carbonyl (C=O) groups is 2. The van der Waals surface area contributed by atoms with Crippen molar-refractivity contribution in [3.05, 3.63) is 84.2 Å². The summed E-state index contributed by atoms with van der Waals surface area (Å²) in [6.45, 7) is 3.03. The van der Waals surface area contributed by atoms with Crippen LogP contribution >= 0.6 is 0 Å². The van der Waals surface area contributed by atoms with Crippen LogP contribution in [-0.2, 0) is 26.2 Å². The summed E-state index contributed by atoms with van der Waals surface area (Å²) in [5, 5.41) is 2.80. The molecular formula is C30H36FN3O6S. The molecule has 0 aliphatic carbocycles. The van der Waals surface area contributed by atoms with E-state index in [4.69, 9.17) is 9.47 Å². The van der Waals surface area contributed by atoms with E-state index in [1.807, 2.05) is 6.92 Å². The molecule has 0 aliphatic heterocycles. The summed E-state index contributed by atoms with van der Waals surface area (Å²) in [4.78, 5) is 28.1. The Morgan fingerprint density at radius 2 is 1.61 bits per heavy atom. The third-order valence-electron chi connectivity index (χ3n) is 6.58. The highest BCUT2D eigenvalue weighted by molar-refractivity contribution is 7.92. The molecule has 11 heteroatoms. The molecule has 0 aliphatic rings. The number of rotatable bonds is 14. The van der Waals surface area contributed by atoms with E-state index >= 15 is 0 Å². The molecule has 2 amide bonds.